The summed E-state index contributed by atoms with van der Waals surface area (Å²) in [4.78, 5) is 71.0. The van der Waals surface area contributed by atoms with Crippen molar-refractivity contribution < 1.29 is 19.2 Å². The summed E-state index contributed by atoms with van der Waals surface area (Å²) in [6.45, 7) is 14.4. The molecule has 2 unspecified atom stereocenters. The number of carbonyl (C=O) groups excluding carboxylic acids is 4. The minimum atomic E-state index is -0.238. The van der Waals surface area contributed by atoms with Gasteiger partial charge in [-0.05, 0) is 118 Å². The quantitative estimate of drug-likeness (QED) is 0.0282. The number of hydrogen-bond donors (Lipinski definition) is 0. The second-order valence-corrected chi connectivity index (χ2v) is 34.2. The maximum Gasteiger partial charge on any atom is 0.263 e. The van der Waals surface area contributed by atoms with Crippen molar-refractivity contribution in [2.75, 3.05) is 13.1 Å². The lowest BCUT2D eigenvalue weighted by atomic mass is 9.93. The van der Waals surface area contributed by atoms with E-state index < -0.39 is 0 Å². The molecule has 6 aromatic heterocycles. The van der Waals surface area contributed by atoms with Crippen molar-refractivity contribution in [1.82, 2.24) is 9.80 Å². The lowest BCUT2D eigenvalue weighted by Crippen LogP contribution is -2.35. The van der Waals surface area contributed by atoms with Gasteiger partial charge in [0.15, 0.2) is 0 Å². The largest absolute Gasteiger partial charge is 0.274 e. The van der Waals surface area contributed by atoms with Crippen molar-refractivity contribution in [2.24, 2.45) is 11.8 Å². The Bertz CT molecular complexity index is 2910. The average molecular weight is 1410 g/mol. The van der Waals surface area contributed by atoms with Crippen LogP contribution in [0.1, 0.15) is 325 Å². The summed E-state index contributed by atoms with van der Waals surface area (Å²) in [6.07, 6.45) is 44.5. The Morgan fingerprint density at radius 3 is 0.919 bits per heavy atom. The number of thiophene rings is 6. The summed E-state index contributed by atoms with van der Waals surface area (Å²) in [7, 11) is 0. The monoisotopic (exact) mass is 1410 g/mol. The molecular weight excluding hydrogens is 1310 g/mol. The van der Waals surface area contributed by atoms with Gasteiger partial charge in [-0.15, -0.1) is 68.0 Å². The Hall–Kier alpha value is -2.04. The Balaban J connectivity index is 1.23. The van der Waals surface area contributed by atoms with Gasteiger partial charge in [-0.2, -0.15) is 0 Å². The van der Waals surface area contributed by atoms with Crippen LogP contribution >= 0.6 is 99.9 Å². The number of imide groups is 2. The van der Waals surface area contributed by atoms with E-state index in [0.29, 0.717) is 45.1 Å². The smallest absolute Gasteiger partial charge is 0.263 e. The second kappa shape index (κ2) is 36.3. The Labute approximate surface area is 559 Å². The van der Waals surface area contributed by atoms with E-state index in [2.05, 4.69) is 85.5 Å². The predicted molar refractivity (Wildman–Crippen MR) is 386 cm³/mol. The Morgan fingerprint density at radius 2 is 0.605 bits per heavy atom. The van der Waals surface area contributed by atoms with E-state index in [4.69, 9.17) is 0 Å². The first-order valence-corrected chi connectivity index (χ1v) is 41.0. The van der Waals surface area contributed by atoms with Crippen LogP contribution in [0.25, 0.3) is 48.1 Å². The fourth-order valence-electron chi connectivity index (χ4n) is 13.3. The van der Waals surface area contributed by atoms with Crippen LogP contribution in [-0.2, 0) is 12.8 Å². The molecule has 0 spiro atoms. The van der Waals surface area contributed by atoms with Gasteiger partial charge in [-0.3, -0.25) is 29.0 Å². The third-order valence-corrected chi connectivity index (χ3v) is 27.8. The van der Waals surface area contributed by atoms with Gasteiger partial charge in [-0.1, -0.05) is 234 Å². The number of nitrogens with zero attached hydrogens (tertiary/aromatic N) is 2. The standard InChI is InChI=1S/C72H102Br2N2O4S6/c1-7-13-19-25-29-35-41-49(39-33-23-17-11-5)47-75-69(77)57-59(71(75)79)65(85-63(57)55-45-53-61(81-55)51(67(73)83-53)43-37-31-27-21-15-9-3)66-60-58(64(86-66)56-46-54-62(82-56)52(68(74)84-54)44-38-32-28-22-16-10-4)70(78)76(72(60)80)48-50(40-34-24-18-12-6)42-36-30-26-20-14-8-2/h45-46,49-50H,7-44,47-48H2,1-6H3. The lowest BCUT2D eigenvalue weighted by Gasteiger charge is -2.23. The first kappa shape index (κ1) is 69.8. The molecule has 8 heterocycles. The van der Waals surface area contributed by atoms with E-state index in [1.165, 1.54) is 201 Å². The number of amides is 4. The van der Waals surface area contributed by atoms with Crippen molar-refractivity contribution in [3.63, 3.8) is 0 Å². The molecule has 14 heteroatoms. The molecule has 0 aromatic carbocycles. The van der Waals surface area contributed by atoms with Crippen molar-refractivity contribution in [1.29, 1.82) is 0 Å². The van der Waals surface area contributed by atoms with Crippen molar-refractivity contribution in [3.05, 3.63) is 53.1 Å². The van der Waals surface area contributed by atoms with Gasteiger partial charge in [0, 0.05) is 32.2 Å². The van der Waals surface area contributed by atoms with Crippen LogP contribution in [0.4, 0.5) is 0 Å². The highest BCUT2D eigenvalue weighted by atomic mass is 79.9. The zero-order chi connectivity index (χ0) is 61.0. The molecule has 2 atom stereocenters. The first-order chi connectivity index (χ1) is 42.0. The molecular formula is C72H102Br2N2O4S6. The normalized spacial score (nSPS) is 14.2. The minimum Gasteiger partial charge on any atom is -0.274 e. The predicted octanol–water partition coefficient (Wildman–Crippen LogP) is 26.6. The molecule has 0 saturated heterocycles. The van der Waals surface area contributed by atoms with Crippen LogP contribution in [0, 0.1) is 11.8 Å². The molecule has 6 aromatic rings. The summed E-state index contributed by atoms with van der Waals surface area (Å²) >= 11 is 18.0. The van der Waals surface area contributed by atoms with Gasteiger partial charge >= 0.3 is 0 Å². The number of hydrogen-bond acceptors (Lipinski definition) is 10. The highest BCUT2D eigenvalue weighted by molar-refractivity contribution is 9.11. The maximum absolute atomic E-state index is 15.8. The third-order valence-electron chi connectivity index (χ3n) is 18.4. The number of fused-ring (bicyclic) bond motifs is 4. The zero-order valence-corrected chi connectivity index (χ0v) is 61.4. The van der Waals surface area contributed by atoms with Crippen LogP contribution in [0.5, 0.6) is 0 Å². The number of carbonyl (C=O) groups is 4. The zero-order valence-electron chi connectivity index (χ0n) is 53.3. The Kier molecular flexibility index (Phi) is 29.5. The SMILES string of the molecule is CCCCCCCCc1c(Br)sc2cc(-c3sc(-c4sc(-c5cc6sc(Br)c(CCCCCCCC)c6s5)c5c4C(=O)N(CC(CCCCCC)CCCCCCCC)C5=O)c4c3C(=O)N(CC(CCCCCC)CCCCCCCC)C4=O)sc12. The molecule has 8 rings (SSSR count). The molecule has 0 saturated carbocycles. The molecule has 0 aliphatic carbocycles. The summed E-state index contributed by atoms with van der Waals surface area (Å²) in [5.41, 5.74) is 4.56. The molecule has 2 aliphatic rings. The molecule has 474 valence electrons. The lowest BCUT2D eigenvalue weighted by molar-refractivity contribution is 0.0606. The van der Waals surface area contributed by atoms with Crippen molar-refractivity contribution in [2.45, 2.75) is 286 Å². The molecule has 6 nitrogen and oxygen atoms in total. The van der Waals surface area contributed by atoms with Crippen LogP contribution in [-0.4, -0.2) is 46.5 Å². The molecule has 4 amide bonds. The second-order valence-electron chi connectivity index (χ2n) is 25.4. The van der Waals surface area contributed by atoms with Crippen LogP contribution in [0.15, 0.2) is 19.7 Å². The fourth-order valence-corrected chi connectivity index (χ4v) is 23.2. The molecule has 86 heavy (non-hydrogen) atoms. The van der Waals surface area contributed by atoms with E-state index in [-0.39, 0.29) is 35.5 Å². The fraction of sp³-hybridized carbons (Fsp3) is 0.667. The summed E-state index contributed by atoms with van der Waals surface area (Å²) in [5, 5.41) is 0. The molecule has 0 radical (unpaired) electrons. The average Bonchev–Trinajstić information content (AvgIpc) is 1.64. The highest BCUT2D eigenvalue weighted by Crippen LogP contribution is 2.57. The number of unbranched alkanes of at least 4 members (excludes halogenated alkanes) is 26. The van der Waals surface area contributed by atoms with E-state index in [1.807, 2.05) is 0 Å². The van der Waals surface area contributed by atoms with Crippen LogP contribution in [0.3, 0.4) is 0 Å². The highest BCUT2D eigenvalue weighted by Gasteiger charge is 2.48. The van der Waals surface area contributed by atoms with E-state index in [0.717, 1.165) is 122 Å². The third kappa shape index (κ3) is 17.8. The maximum atomic E-state index is 15.8. The topological polar surface area (TPSA) is 74.8 Å². The van der Waals surface area contributed by atoms with E-state index in [1.54, 1.807) is 55.1 Å². The van der Waals surface area contributed by atoms with Gasteiger partial charge in [0.2, 0.25) is 0 Å². The molecule has 0 fully saturated rings. The summed E-state index contributed by atoms with van der Waals surface area (Å²) in [6, 6.07) is 4.52. The van der Waals surface area contributed by atoms with Gasteiger partial charge in [0.25, 0.3) is 23.6 Å². The molecule has 2 aliphatic heterocycles. The Morgan fingerprint density at radius 1 is 0.337 bits per heavy atom. The number of halogens is 2. The molecule has 0 N–H and O–H groups in total. The first-order valence-electron chi connectivity index (χ1n) is 34.5. The van der Waals surface area contributed by atoms with E-state index >= 15 is 19.2 Å². The number of aryl methyl sites for hydroxylation is 2. The minimum absolute atomic E-state index is 0.200. The van der Waals surface area contributed by atoms with Crippen LogP contribution in [0.2, 0.25) is 0 Å². The van der Waals surface area contributed by atoms with Gasteiger partial charge < -0.3 is 0 Å². The molecule has 0 bridgehead atoms. The van der Waals surface area contributed by atoms with Crippen LogP contribution < -0.4 is 0 Å². The summed E-state index contributed by atoms with van der Waals surface area (Å²) in [5.74, 6) is -0.440. The summed E-state index contributed by atoms with van der Waals surface area (Å²) < 4.78 is 7.28. The van der Waals surface area contributed by atoms with Crippen molar-refractivity contribution >= 4 is 142 Å². The van der Waals surface area contributed by atoms with Gasteiger partial charge in [-0.25, -0.2) is 0 Å². The van der Waals surface area contributed by atoms with Crippen molar-refractivity contribution in [3.8, 4) is 29.3 Å². The van der Waals surface area contributed by atoms with Gasteiger partial charge in [0.1, 0.15) is 0 Å². The number of rotatable bonds is 45. The van der Waals surface area contributed by atoms with E-state index in [9.17, 15) is 0 Å². The van der Waals surface area contributed by atoms with Gasteiger partial charge in [0.05, 0.1) is 58.7 Å².